The maximum absolute atomic E-state index is 13.9. The van der Waals surface area contributed by atoms with Gasteiger partial charge in [-0.2, -0.15) is 0 Å². The van der Waals surface area contributed by atoms with Crippen molar-refractivity contribution in [2.45, 2.75) is 19.4 Å². The molecule has 21 heavy (non-hydrogen) atoms. The highest BCUT2D eigenvalue weighted by Gasteiger charge is 2.13. The van der Waals surface area contributed by atoms with E-state index in [1.165, 1.54) is 6.07 Å². The van der Waals surface area contributed by atoms with E-state index >= 15 is 0 Å². The Balaban J connectivity index is 1.90. The van der Waals surface area contributed by atoms with Crippen molar-refractivity contribution >= 4 is 16.7 Å². The third kappa shape index (κ3) is 2.84. The fourth-order valence-electron chi connectivity index (χ4n) is 2.41. The van der Waals surface area contributed by atoms with Crippen LogP contribution in [0.5, 0.6) is 0 Å². The summed E-state index contributed by atoms with van der Waals surface area (Å²) in [6.45, 7) is 2.03. The normalized spacial score (nSPS) is 12.3. The van der Waals surface area contributed by atoms with Crippen molar-refractivity contribution in [1.82, 2.24) is 9.97 Å². The largest absolute Gasteiger partial charge is 0.378 e. The van der Waals surface area contributed by atoms with Crippen molar-refractivity contribution in [3.8, 4) is 0 Å². The highest BCUT2D eigenvalue weighted by Crippen LogP contribution is 2.25. The number of nitrogens with one attached hydrogen (secondary N) is 1. The van der Waals surface area contributed by atoms with E-state index in [1.54, 1.807) is 18.5 Å². The van der Waals surface area contributed by atoms with Crippen molar-refractivity contribution in [1.29, 1.82) is 0 Å². The Hall–Kier alpha value is -2.49. The Morgan fingerprint density at radius 3 is 2.57 bits per heavy atom. The van der Waals surface area contributed by atoms with Crippen LogP contribution < -0.4 is 5.32 Å². The Labute approximate surface area is 122 Å². The molecule has 0 aliphatic heterocycles. The summed E-state index contributed by atoms with van der Waals surface area (Å²) in [6, 6.07) is 12.6. The van der Waals surface area contributed by atoms with Gasteiger partial charge in [-0.1, -0.05) is 25.1 Å². The van der Waals surface area contributed by atoms with E-state index in [0.29, 0.717) is 5.56 Å². The molecule has 0 amide bonds. The van der Waals surface area contributed by atoms with Gasteiger partial charge in [-0.05, 0) is 30.7 Å². The zero-order valence-electron chi connectivity index (χ0n) is 11.8. The molecule has 1 N–H and O–H groups in total. The Bertz CT molecular complexity index is 758. The summed E-state index contributed by atoms with van der Waals surface area (Å²) in [5, 5.41) is 3.37. The van der Waals surface area contributed by atoms with Crippen LogP contribution in [0.4, 0.5) is 10.1 Å². The molecule has 0 fully saturated rings. The van der Waals surface area contributed by atoms with Gasteiger partial charge in [0.25, 0.3) is 0 Å². The van der Waals surface area contributed by atoms with E-state index in [0.717, 1.165) is 23.1 Å². The summed E-state index contributed by atoms with van der Waals surface area (Å²) in [4.78, 5) is 8.53. The molecule has 4 heteroatoms. The summed E-state index contributed by atoms with van der Waals surface area (Å²) in [5.74, 6) is -0.183. The van der Waals surface area contributed by atoms with E-state index in [-0.39, 0.29) is 11.9 Å². The zero-order valence-corrected chi connectivity index (χ0v) is 11.8. The van der Waals surface area contributed by atoms with Crippen molar-refractivity contribution in [2.24, 2.45) is 0 Å². The zero-order chi connectivity index (χ0) is 14.7. The van der Waals surface area contributed by atoms with Crippen molar-refractivity contribution in [2.75, 3.05) is 5.32 Å². The molecule has 0 aliphatic carbocycles. The molecular weight excluding hydrogens is 265 g/mol. The van der Waals surface area contributed by atoms with Crippen LogP contribution in [-0.2, 0) is 0 Å². The lowest BCUT2D eigenvalue weighted by Gasteiger charge is -2.19. The lowest BCUT2D eigenvalue weighted by Crippen LogP contribution is -2.11. The maximum atomic E-state index is 13.9. The molecule has 0 bridgehead atoms. The molecule has 0 spiro atoms. The summed E-state index contributed by atoms with van der Waals surface area (Å²) < 4.78 is 13.9. The second-order valence-electron chi connectivity index (χ2n) is 4.89. The predicted molar refractivity (Wildman–Crippen MR) is 82.6 cm³/mol. The number of anilines is 1. The molecule has 0 saturated carbocycles. The number of hydrogen-bond donors (Lipinski definition) is 1. The third-order valence-corrected chi connectivity index (χ3v) is 3.50. The first kappa shape index (κ1) is 13.5. The Morgan fingerprint density at radius 2 is 1.81 bits per heavy atom. The summed E-state index contributed by atoms with van der Waals surface area (Å²) in [7, 11) is 0. The molecule has 2 aromatic carbocycles. The molecule has 3 rings (SSSR count). The first-order valence-electron chi connectivity index (χ1n) is 6.99. The smallest absolute Gasteiger partial charge is 0.128 e. The average Bonchev–Trinajstić information content (AvgIpc) is 2.53. The number of halogens is 1. The standard InChI is InChI=1S/C17H16FN3/c1-2-15(13-5-3-4-6-14(13)18)21-12-7-8-16-17(11-12)20-10-9-19-16/h3-11,15,21H,2H2,1H3. The van der Waals surface area contributed by atoms with E-state index in [2.05, 4.69) is 15.3 Å². The quantitative estimate of drug-likeness (QED) is 0.773. The Kier molecular flexibility index (Phi) is 3.77. The molecule has 106 valence electrons. The number of aromatic nitrogens is 2. The second-order valence-corrected chi connectivity index (χ2v) is 4.89. The predicted octanol–water partition coefficient (Wildman–Crippen LogP) is 4.33. The monoisotopic (exact) mass is 281 g/mol. The van der Waals surface area contributed by atoms with E-state index in [4.69, 9.17) is 0 Å². The first-order valence-corrected chi connectivity index (χ1v) is 6.99. The lowest BCUT2D eigenvalue weighted by molar-refractivity contribution is 0.587. The van der Waals surface area contributed by atoms with E-state index < -0.39 is 0 Å². The fraction of sp³-hybridized carbons (Fsp3) is 0.176. The van der Waals surface area contributed by atoms with Gasteiger partial charge in [0.15, 0.2) is 0 Å². The van der Waals surface area contributed by atoms with Gasteiger partial charge in [0.2, 0.25) is 0 Å². The highest BCUT2D eigenvalue weighted by atomic mass is 19.1. The molecule has 1 unspecified atom stereocenters. The summed E-state index contributed by atoms with van der Waals surface area (Å²) in [6.07, 6.45) is 4.13. The van der Waals surface area contributed by atoms with Crippen molar-refractivity contribution < 1.29 is 4.39 Å². The summed E-state index contributed by atoms with van der Waals surface area (Å²) >= 11 is 0. The van der Waals surface area contributed by atoms with Crippen molar-refractivity contribution in [3.63, 3.8) is 0 Å². The fourth-order valence-corrected chi connectivity index (χ4v) is 2.41. The molecule has 1 heterocycles. The Morgan fingerprint density at radius 1 is 1.05 bits per heavy atom. The number of hydrogen-bond acceptors (Lipinski definition) is 3. The second kappa shape index (κ2) is 5.87. The highest BCUT2D eigenvalue weighted by molar-refractivity contribution is 5.78. The minimum atomic E-state index is -0.183. The maximum Gasteiger partial charge on any atom is 0.128 e. The van der Waals surface area contributed by atoms with Gasteiger partial charge in [-0.3, -0.25) is 9.97 Å². The average molecular weight is 281 g/mol. The van der Waals surface area contributed by atoms with Gasteiger partial charge in [0, 0.05) is 23.6 Å². The molecule has 3 nitrogen and oxygen atoms in total. The van der Waals surface area contributed by atoms with Crippen LogP contribution in [-0.4, -0.2) is 9.97 Å². The van der Waals surface area contributed by atoms with Gasteiger partial charge < -0.3 is 5.32 Å². The van der Waals surface area contributed by atoms with Crippen LogP contribution in [0.15, 0.2) is 54.9 Å². The lowest BCUT2D eigenvalue weighted by atomic mass is 10.0. The molecule has 3 aromatic rings. The van der Waals surface area contributed by atoms with E-state index in [9.17, 15) is 4.39 Å². The topological polar surface area (TPSA) is 37.8 Å². The van der Waals surface area contributed by atoms with Gasteiger partial charge >= 0.3 is 0 Å². The van der Waals surface area contributed by atoms with Gasteiger partial charge in [0.1, 0.15) is 5.82 Å². The number of nitrogens with zero attached hydrogens (tertiary/aromatic N) is 2. The van der Waals surface area contributed by atoms with Crippen molar-refractivity contribution in [3.05, 3.63) is 66.2 Å². The van der Waals surface area contributed by atoms with Gasteiger partial charge in [0.05, 0.1) is 17.1 Å². The SMILES string of the molecule is CCC(Nc1ccc2nccnc2c1)c1ccccc1F. The van der Waals surface area contributed by atoms with Gasteiger partial charge in [-0.15, -0.1) is 0 Å². The van der Waals surface area contributed by atoms with Crippen LogP contribution in [0.3, 0.4) is 0 Å². The van der Waals surface area contributed by atoms with Crippen LogP contribution in [0.2, 0.25) is 0 Å². The molecule has 0 radical (unpaired) electrons. The minimum absolute atomic E-state index is 0.0691. The number of benzene rings is 2. The summed E-state index contributed by atoms with van der Waals surface area (Å²) in [5.41, 5.74) is 3.27. The van der Waals surface area contributed by atoms with E-state index in [1.807, 2.05) is 37.3 Å². The molecular formula is C17H16FN3. The minimum Gasteiger partial charge on any atom is -0.378 e. The number of rotatable bonds is 4. The molecule has 0 aliphatic rings. The first-order chi connectivity index (χ1) is 10.3. The molecule has 1 atom stereocenters. The van der Waals surface area contributed by atoms with Gasteiger partial charge in [-0.25, -0.2) is 4.39 Å². The molecule has 1 aromatic heterocycles. The van der Waals surface area contributed by atoms with Crippen LogP contribution in [0.25, 0.3) is 11.0 Å². The van der Waals surface area contributed by atoms with Crippen LogP contribution in [0, 0.1) is 5.82 Å². The third-order valence-electron chi connectivity index (χ3n) is 3.50. The van der Waals surface area contributed by atoms with Crippen LogP contribution >= 0.6 is 0 Å². The molecule has 0 saturated heterocycles. The van der Waals surface area contributed by atoms with Crippen LogP contribution in [0.1, 0.15) is 24.9 Å². The number of fused-ring (bicyclic) bond motifs is 1.